The Kier molecular flexibility index (Phi) is 4.26. The fraction of sp³-hybridized carbons (Fsp3) is 0.600. The predicted octanol–water partition coefficient (Wildman–Crippen LogP) is 2.98. The molecule has 1 unspecified atom stereocenters. The summed E-state index contributed by atoms with van der Waals surface area (Å²) >= 11 is 1.66. The number of ether oxygens (including phenoxy) is 1. The van der Waals surface area contributed by atoms with Crippen molar-refractivity contribution in [1.82, 2.24) is 9.97 Å². The summed E-state index contributed by atoms with van der Waals surface area (Å²) in [6, 6.07) is 2.61. The lowest BCUT2D eigenvalue weighted by Crippen LogP contribution is -2.38. The third kappa shape index (κ3) is 2.96. The van der Waals surface area contributed by atoms with Crippen LogP contribution in [0.1, 0.15) is 19.8 Å². The van der Waals surface area contributed by atoms with Crippen LogP contribution in [-0.2, 0) is 4.74 Å². The fourth-order valence-corrected chi connectivity index (χ4v) is 3.45. The summed E-state index contributed by atoms with van der Waals surface area (Å²) in [7, 11) is 3.61. The summed E-state index contributed by atoms with van der Waals surface area (Å²) in [4.78, 5) is 12.7. The Balaban J connectivity index is 2.01. The molecule has 3 rings (SSSR count). The number of hydrogen-bond donors (Lipinski definition) is 1. The largest absolute Gasteiger partial charge is 0.383 e. The van der Waals surface area contributed by atoms with E-state index in [1.165, 1.54) is 12.8 Å². The van der Waals surface area contributed by atoms with Crippen LogP contribution in [0.25, 0.3) is 10.2 Å². The van der Waals surface area contributed by atoms with Crippen LogP contribution in [0.5, 0.6) is 0 Å². The normalized spacial score (nSPS) is 16.1. The average Bonchev–Trinajstić information content (AvgIpc) is 3.24. The summed E-state index contributed by atoms with van der Waals surface area (Å²) in [5.41, 5.74) is 0. The van der Waals surface area contributed by atoms with Crippen LogP contribution in [0.3, 0.4) is 0 Å². The maximum absolute atomic E-state index is 5.30. The van der Waals surface area contributed by atoms with Crippen molar-refractivity contribution in [3.8, 4) is 0 Å². The van der Waals surface area contributed by atoms with Gasteiger partial charge in [0.15, 0.2) is 0 Å². The van der Waals surface area contributed by atoms with Crippen LogP contribution >= 0.6 is 11.3 Å². The summed E-state index contributed by atoms with van der Waals surface area (Å²) in [6.45, 7) is 3.87. The van der Waals surface area contributed by atoms with Crippen LogP contribution in [0, 0.1) is 5.92 Å². The van der Waals surface area contributed by atoms with Gasteiger partial charge in [0.2, 0.25) is 5.95 Å². The maximum atomic E-state index is 5.30. The highest BCUT2D eigenvalue weighted by atomic mass is 32.1. The summed E-state index contributed by atoms with van der Waals surface area (Å²) < 4.78 is 5.30. The molecular formula is C15H22N4OS. The molecule has 0 saturated heterocycles. The van der Waals surface area contributed by atoms with Gasteiger partial charge < -0.3 is 15.0 Å². The standard InChI is InChI=1S/C15H22N4OS/c1-10(11-4-5-11)19(7-8-20-3)13-12-6-9-21-14(12)18-15(16-2)17-13/h6,9-11H,4-5,7-8H2,1-3H3,(H,16,17,18). The van der Waals surface area contributed by atoms with Gasteiger partial charge in [-0.15, -0.1) is 11.3 Å². The van der Waals surface area contributed by atoms with E-state index >= 15 is 0 Å². The number of anilines is 2. The fourth-order valence-electron chi connectivity index (χ4n) is 2.70. The Morgan fingerprint density at radius 1 is 1.48 bits per heavy atom. The lowest BCUT2D eigenvalue weighted by Gasteiger charge is -2.31. The molecule has 2 aromatic rings. The lowest BCUT2D eigenvalue weighted by molar-refractivity contribution is 0.202. The Hall–Kier alpha value is -1.40. The van der Waals surface area contributed by atoms with E-state index < -0.39 is 0 Å². The van der Waals surface area contributed by atoms with E-state index in [9.17, 15) is 0 Å². The van der Waals surface area contributed by atoms with Gasteiger partial charge in [-0.1, -0.05) is 0 Å². The van der Waals surface area contributed by atoms with Gasteiger partial charge in [0.25, 0.3) is 0 Å². The van der Waals surface area contributed by atoms with E-state index in [1.807, 2.05) is 7.05 Å². The van der Waals surface area contributed by atoms with Crippen molar-refractivity contribution >= 4 is 33.3 Å². The van der Waals surface area contributed by atoms with Gasteiger partial charge in [-0.2, -0.15) is 4.98 Å². The first-order valence-corrected chi connectivity index (χ1v) is 8.31. The zero-order valence-corrected chi connectivity index (χ0v) is 13.6. The van der Waals surface area contributed by atoms with Crippen LogP contribution < -0.4 is 10.2 Å². The van der Waals surface area contributed by atoms with E-state index in [1.54, 1.807) is 18.4 Å². The molecule has 1 fully saturated rings. The first-order chi connectivity index (χ1) is 10.2. The van der Waals surface area contributed by atoms with Gasteiger partial charge in [-0.05, 0) is 37.1 Å². The Morgan fingerprint density at radius 3 is 2.95 bits per heavy atom. The number of nitrogens with zero attached hydrogens (tertiary/aromatic N) is 3. The molecule has 1 saturated carbocycles. The zero-order valence-electron chi connectivity index (χ0n) is 12.8. The van der Waals surface area contributed by atoms with E-state index in [2.05, 4.69) is 33.6 Å². The molecule has 0 aromatic carbocycles. The average molecular weight is 306 g/mol. The quantitative estimate of drug-likeness (QED) is 0.852. The first kappa shape index (κ1) is 14.5. The second-order valence-corrected chi connectivity index (χ2v) is 6.42. The second-order valence-electron chi connectivity index (χ2n) is 5.52. The molecule has 5 nitrogen and oxygen atoms in total. The number of fused-ring (bicyclic) bond motifs is 1. The highest BCUT2D eigenvalue weighted by Gasteiger charge is 2.33. The number of aromatic nitrogens is 2. The highest BCUT2D eigenvalue weighted by molar-refractivity contribution is 7.16. The third-order valence-corrected chi connectivity index (χ3v) is 4.94. The summed E-state index contributed by atoms with van der Waals surface area (Å²) in [5, 5.41) is 6.29. The lowest BCUT2D eigenvalue weighted by atomic mass is 10.1. The SMILES string of the molecule is CNc1nc(N(CCOC)C(C)C2CC2)c2ccsc2n1. The molecule has 0 radical (unpaired) electrons. The first-order valence-electron chi connectivity index (χ1n) is 7.43. The predicted molar refractivity (Wildman–Crippen MR) is 88.4 cm³/mol. The van der Waals surface area contributed by atoms with Gasteiger partial charge in [-0.25, -0.2) is 4.98 Å². The Labute approximate surface area is 129 Å². The molecule has 2 aromatic heterocycles. The molecule has 1 atom stereocenters. The van der Waals surface area contributed by atoms with Crippen LogP contribution in [0.4, 0.5) is 11.8 Å². The number of hydrogen-bond acceptors (Lipinski definition) is 6. The number of methoxy groups -OCH3 is 1. The summed E-state index contributed by atoms with van der Waals surface area (Å²) in [5.74, 6) is 2.50. The molecule has 114 valence electrons. The van der Waals surface area contributed by atoms with E-state index in [4.69, 9.17) is 9.72 Å². The van der Waals surface area contributed by atoms with Crippen molar-refractivity contribution in [1.29, 1.82) is 0 Å². The van der Waals surface area contributed by atoms with Crippen molar-refractivity contribution in [2.24, 2.45) is 5.92 Å². The van der Waals surface area contributed by atoms with E-state index in [0.717, 1.165) is 28.5 Å². The van der Waals surface area contributed by atoms with Crippen molar-refractivity contribution in [2.75, 3.05) is 37.5 Å². The molecular weight excluding hydrogens is 284 g/mol. The number of rotatable bonds is 7. The van der Waals surface area contributed by atoms with Gasteiger partial charge in [0.1, 0.15) is 10.6 Å². The monoisotopic (exact) mass is 306 g/mol. The number of nitrogens with one attached hydrogen (secondary N) is 1. The van der Waals surface area contributed by atoms with Gasteiger partial charge in [0, 0.05) is 26.7 Å². The maximum Gasteiger partial charge on any atom is 0.225 e. The Morgan fingerprint density at radius 2 is 2.29 bits per heavy atom. The smallest absolute Gasteiger partial charge is 0.225 e. The van der Waals surface area contributed by atoms with Crippen LogP contribution in [-0.4, -0.2) is 43.3 Å². The molecule has 2 heterocycles. The highest BCUT2D eigenvalue weighted by Crippen LogP contribution is 2.38. The molecule has 1 N–H and O–H groups in total. The minimum Gasteiger partial charge on any atom is -0.383 e. The van der Waals surface area contributed by atoms with Gasteiger partial charge in [0.05, 0.1) is 12.0 Å². The molecule has 0 aliphatic heterocycles. The minimum absolute atomic E-state index is 0.489. The van der Waals surface area contributed by atoms with Crippen molar-refractivity contribution in [2.45, 2.75) is 25.8 Å². The summed E-state index contributed by atoms with van der Waals surface area (Å²) in [6.07, 6.45) is 2.64. The minimum atomic E-state index is 0.489. The molecule has 21 heavy (non-hydrogen) atoms. The van der Waals surface area contributed by atoms with E-state index in [-0.39, 0.29) is 0 Å². The van der Waals surface area contributed by atoms with E-state index in [0.29, 0.717) is 18.6 Å². The van der Waals surface area contributed by atoms with Gasteiger partial charge >= 0.3 is 0 Å². The topological polar surface area (TPSA) is 50.3 Å². The van der Waals surface area contributed by atoms with Crippen molar-refractivity contribution < 1.29 is 4.74 Å². The molecule has 6 heteroatoms. The zero-order chi connectivity index (χ0) is 14.8. The molecule has 0 bridgehead atoms. The van der Waals surface area contributed by atoms with Crippen LogP contribution in [0.15, 0.2) is 11.4 Å². The van der Waals surface area contributed by atoms with Crippen molar-refractivity contribution in [3.05, 3.63) is 11.4 Å². The second kappa shape index (κ2) is 6.15. The molecule has 0 amide bonds. The number of thiophene rings is 1. The molecule has 0 spiro atoms. The third-order valence-electron chi connectivity index (χ3n) is 4.13. The Bertz CT molecular complexity index is 611. The van der Waals surface area contributed by atoms with Crippen LogP contribution in [0.2, 0.25) is 0 Å². The van der Waals surface area contributed by atoms with Gasteiger partial charge in [-0.3, -0.25) is 0 Å². The van der Waals surface area contributed by atoms with Crippen molar-refractivity contribution in [3.63, 3.8) is 0 Å². The molecule has 1 aliphatic rings. The molecule has 1 aliphatic carbocycles.